The summed E-state index contributed by atoms with van der Waals surface area (Å²) in [5.74, 6) is 1.30. The van der Waals surface area contributed by atoms with Crippen LogP contribution in [0.4, 0.5) is 17.5 Å². The van der Waals surface area contributed by atoms with Crippen molar-refractivity contribution in [2.45, 2.75) is 19.9 Å². The van der Waals surface area contributed by atoms with Crippen LogP contribution in [0, 0.1) is 0 Å². The Morgan fingerprint density at radius 1 is 1.32 bits per heavy atom. The predicted molar refractivity (Wildman–Crippen MR) is 78.0 cm³/mol. The molecule has 0 saturated heterocycles. The molecule has 6 nitrogen and oxygen atoms in total. The van der Waals surface area contributed by atoms with E-state index in [1.54, 1.807) is 17.7 Å². The van der Waals surface area contributed by atoms with Crippen molar-refractivity contribution >= 4 is 40.0 Å². The van der Waals surface area contributed by atoms with Gasteiger partial charge in [0.2, 0.25) is 5.95 Å². The lowest BCUT2D eigenvalue weighted by Gasteiger charge is -2.11. The maximum atomic E-state index is 4.49. The summed E-state index contributed by atoms with van der Waals surface area (Å²) in [6.45, 7) is 4.13. The summed E-state index contributed by atoms with van der Waals surface area (Å²) in [7, 11) is 0. The topological polar surface area (TPSA) is 78.5 Å². The lowest BCUT2D eigenvalue weighted by Crippen LogP contribution is -2.12. The van der Waals surface area contributed by atoms with Crippen LogP contribution in [0.15, 0.2) is 23.2 Å². The third-order valence-electron chi connectivity index (χ3n) is 2.49. The van der Waals surface area contributed by atoms with Gasteiger partial charge in [0.1, 0.15) is 5.52 Å². The fraction of sp³-hybridized carbons (Fsp3) is 0.250. The number of aromatic amines is 1. The van der Waals surface area contributed by atoms with Crippen molar-refractivity contribution in [3.05, 3.63) is 23.2 Å². The van der Waals surface area contributed by atoms with E-state index in [4.69, 9.17) is 0 Å². The maximum absolute atomic E-state index is 4.49. The number of anilines is 3. The zero-order valence-corrected chi connectivity index (χ0v) is 11.5. The van der Waals surface area contributed by atoms with Gasteiger partial charge >= 0.3 is 0 Å². The Morgan fingerprint density at radius 2 is 2.21 bits per heavy atom. The molecule has 0 aromatic carbocycles. The van der Waals surface area contributed by atoms with Crippen LogP contribution in [0.1, 0.15) is 13.8 Å². The number of imidazole rings is 1. The standard InChI is InChI=1S/C12H14N6S/c1-7(2)15-11-9-10(14-6-13-9)17-12(18-11)16-8-3-4-19-5-8/h3-7H,1-2H3,(H3,13,14,15,16,17,18). The van der Waals surface area contributed by atoms with Crippen molar-refractivity contribution in [3.8, 4) is 0 Å². The summed E-state index contributed by atoms with van der Waals surface area (Å²) in [6, 6.07) is 2.27. The minimum absolute atomic E-state index is 0.287. The third-order valence-corrected chi connectivity index (χ3v) is 3.17. The molecular weight excluding hydrogens is 260 g/mol. The number of rotatable bonds is 4. The monoisotopic (exact) mass is 274 g/mol. The van der Waals surface area contributed by atoms with Crippen molar-refractivity contribution in [3.63, 3.8) is 0 Å². The molecule has 0 bridgehead atoms. The fourth-order valence-corrected chi connectivity index (χ4v) is 2.32. The molecule has 0 radical (unpaired) electrons. The molecule has 7 heteroatoms. The summed E-state index contributed by atoms with van der Waals surface area (Å²) >= 11 is 1.62. The van der Waals surface area contributed by atoms with Crippen LogP contribution < -0.4 is 10.6 Å². The van der Waals surface area contributed by atoms with Gasteiger partial charge in [-0.2, -0.15) is 21.3 Å². The molecular formula is C12H14N6S. The first-order chi connectivity index (χ1) is 9.22. The van der Waals surface area contributed by atoms with E-state index < -0.39 is 0 Å². The molecule has 3 heterocycles. The Balaban J connectivity index is 2.00. The maximum Gasteiger partial charge on any atom is 0.231 e. The third kappa shape index (κ3) is 2.50. The lowest BCUT2D eigenvalue weighted by molar-refractivity contribution is 0.890. The van der Waals surface area contributed by atoms with Gasteiger partial charge in [-0.25, -0.2) is 4.98 Å². The Labute approximate surface area is 114 Å². The van der Waals surface area contributed by atoms with E-state index in [0.717, 1.165) is 17.0 Å². The minimum Gasteiger partial charge on any atom is -0.366 e. The van der Waals surface area contributed by atoms with E-state index in [1.807, 2.05) is 16.8 Å². The zero-order chi connectivity index (χ0) is 13.2. The molecule has 0 atom stereocenters. The summed E-state index contributed by atoms with van der Waals surface area (Å²) < 4.78 is 0. The van der Waals surface area contributed by atoms with Crippen molar-refractivity contribution < 1.29 is 0 Å². The van der Waals surface area contributed by atoms with E-state index >= 15 is 0 Å². The molecule has 3 aromatic heterocycles. The number of thiophene rings is 1. The molecule has 0 fully saturated rings. The molecule has 98 valence electrons. The zero-order valence-electron chi connectivity index (χ0n) is 10.6. The molecule has 0 aliphatic rings. The molecule has 0 saturated carbocycles. The van der Waals surface area contributed by atoms with Gasteiger partial charge in [0, 0.05) is 11.4 Å². The Morgan fingerprint density at radius 3 is 2.95 bits per heavy atom. The molecule has 0 amide bonds. The largest absolute Gasteiger partial charge is 0.366 e. The summed E-state index contributed by atoms with van der Waals surface area (Å²) in [5.41, 5.74) is 2.45. The Kier molecular flexibility index (Phi) is 3.04. The molecule has 3 N–H and O–H groups in total. The first-order valence-corrected chi connectivity index (χ1v) is 6.93. The van der Waals surface area contributed by atoms with Crippen LogP contribution in [0.5, 0.6) is 0 Å². The summed E-state index contributed by atoms with van der Waals surface area (Å²) in [5, 5.41) is 10.5. The number of hydrogen-bond donors (Lipinski definition) is 3. The van der Waals surface area contributed by atoms with Gasteiger partial charge in [-0.3, -0.25) is 0 Å². The molecule has 3 rings (SSSR count). The van der Waals surface area contributed by atoms with E-state index in [9.17, 15) is 0 Å². The second-order valence-electron chi connectivity index (χ2n) is 4.43. The van der Waals surface area contributed by atoms with Gasteiger partial charge in [-0.15, -0.1) is 0 Å². The van der Waals surface area contributed by atoms with Crippen LogP contribution in [0.3, 0.4) is 0 Å². The number of hydrogen-bond acceptors (Lipinski definition) is 6. The smallest absolute Gasteiger partial charge is 0.231 e. The van der Waals surface area contributed by atoms with Crippen LogP contribution in [-0.4, -0.2) is 26.0 Å². The molecule has 0 aliphatic carbocycles. The first kappa shape index (κ1) is 11.9. The van der Waals surface area contributed by atoms with Crippen LogP contribution >= 0.6 is 11.3 Å². The molecule has 0 spiro atoms. The van der Waals surface area contributed by atoms with Crippen molar-refractivity contribution in [1.29, 1.82) is 0 Å². The summed E-state index contributed by atoms with van der Waals surface area (Å²) in [4.78, 5) is 16.1. The van der Waals surface area contributed by atoms with E-state index in [0.29, 0.717) is 11.6 Å². The van der Waals surface area contributed by atoms with E-state index in [-0.39, 0.29) is 6.04 Å². The lowest BCUT2D eigenvalue weighted by atomic mass is 10.4. The highest BCUT2D eigenvalue weighted by Crippen LogP contribution is 2.22. The average molecular weight is 274 g/mol. The second kappa shape index (κ2) is 4.85. The van der Waals surface area contributed by atoms with Crippen molar-refractivity contribution in [2.24, 2.45) is 0 Å². The molecule has 0 unspecified atom stereocenters. The van der Waals surface area contributed by atoms with Crippen molar-refractivity contribution in [2.75, 3.05) is 10.6 Å². The van der Waals surface area contributed by atoms with Gasteiger partial charge in [0.05, 0.1) is 12.0 Å². The number of nitrogens with zero attached hydrogens (tertiary/aromatic N) is 3. The Bertz CT molecular complexity index is 673. The molecule has 3 aromatic rings. The first-order valence-electron chi connectivity index (χ1n) is 5.99. The SMILES string of the molecule is CC(C)Nc1nc(Nc2ccsc2)nc2nc[nH]c12. The van der Waals surface area contributed by atoms with Gasteiger partial charge < -0.3 is 15.6 Å². The predicted octanol–water partition coefficient (Wildman–Crippen LogP) is 2.98. The highest BCUT2D eigenvalue weighted by Gasteiger charge is 2.10. The second-order valence-corrected chi connectivity index (χ2v) is 5.21. The quantitative estimate of drug-likeness (QED) is 0.681. The minimum atomic E-state index is 0.287. The van der Waals surface area contributed by atoms with Crippen LogP contribution in [0.25, 0.3) is 11.2 Å². The summed E-state index contributed by atoms with van der Waals surface area (Å²) in [6.07, 6.45) is 1.62. The molecule has 19 heavy (non-hydrogen) atoms. The van der Waals surface area contributed by atoms with E-state index in [2.05, 4.69) is 44.4 Å². The van der Waals surface area contributed by atoms with Gasteiger partial charge in [-0.1, -0.05) is 0 Å². The highest BCUT2D eigenvalue weighted by molar-refractivity contribution is 7.08. The normalized spacial score (nSPS) is 11.1. The number of aromatic nitrogens is 4. The number of fused-ring (bicyclic) bond motifs is 1. The number of nitrogens with one attached hydrogen (secondary N) is 3. The molecule has 0 aliphatic heterocycles. The van der Waals surface area contributed by atoms with Crippen molar-refractivity contribution in [1.82, 2.24) is 19.9 Å². The van der Waals surface area contributed by atoms with Gasteiger partial charge in [0.15, 0.2) is 11.5 Å². The van der Waals surface area contributed by atoms with Gasteiger partial charge in [0.25, 0.3) is 0 Å². The fourth-order valence-electron chi connectivity index (χ4n) is 1.73. The van der Waals surface area contributed by atoms with Crippen LogP contribution in [-0.2, 0) is 0 Å². The highest BCUT2D eigenvalue weighted by atomic mass is 32.1. The van der Waals surface area contributed by atoms with E-state index in [1.165, 1.54) is 0 Å². The number of H-pyrrole nitrogens is 1. The average Bonchev–Trinajstić information content (AvgIpc) is 2.98. The Hall–Kier alpha value is -2.15. The van der Waals surface area contributed by atoms with Gasteiger partial charge in [-0.05, 0) is 25.3 Å². The van der Waals surface area contributed by atoms with Crippen LogP contribution in [0.2, 0.25) is 0 Å².